The first-order valence-corrected chi connectivity index (χ1v) is 12.6. The number of pyridine rings is 1. The van der Waals surface area contributed by atoms with Gasteiger partial charge in [-0.15, -0.1) is 0 Å². The van der Waals surface area contributed by atoms with Crippen molar-refractivity contribution in [3.8, 4) is 11.3 Å². The fourth-order valence-electron chi connectivity index (χ4n) is 5.70. The molecule has 5 aromatic rings. The molecule has 0 atom stereocenters. The predicted molar refractivity (Wildman–Crippen MR) is 144 cm³/mol. The largest absolute Gasteiger partial charge is 0.311 e. The van der Waals surface area contributed by atoms with Gasteiger partial charge in [0, 0.05) is 35.1 Å². The van der Waals surface area contributed by atoms with Gasteiger partial charge in [-0.25, -0.2) is 11.1 Å². The molecule has 1 aliphatic rings. The molecule has 166 valence electrons. The van der Waals surface area contributed by atoms with Gasteiger partial charge >= 0.3 is 0 Å². The van der Waals surface area contributed by atoms with Crippen LogP contribution in [0, 0.1) is 20.4 Å². The SMILES string of the molecule is [C-]#[N+]C(C)(C)Cc1cccc2cc3c4c([n+](C)ccc4c12)-c1c(c(C)c2ccccc2c1C)S3. The summed E-state index contributed by atoms with van der Waals surface area (Å²) in [5.41, 5.74) is 6.20. The smallest absolute Gasteiger partial charge is 0.231 e. The molecule has 2 heterocycles. The van der Waals surface area contributed by atoms with Crippen molar-refractivity contribution in [2.75, 3.05) is 0 Å². The van der Waals surface area contributed by atoms with Gasteiger partial charge in [0.15, 0.2) is 6.20 Å². The molecule has 0 amide bonds. The number of benzene rings is 4. The molecule has 0 bridgehead atoms. The van der Waals surface area contributed by atoms with Gasteiger partial charge in [-0.2, -0.15) is 0 Å². The van der Waals surface area contributed by atoms with Crippen molar-refractivity contribution < 1.29 is 4.57 Å². The molecule has 4 aromatic carbocycles. The van der Waals surface area contributed by atoms with Crippen LogP contribution in [-0.4, -0.2) is 5.54 Å². The molecule has 0 fully saturated rings. The Bertz CT molecular complexity index is 1720. The van der Waals surface area contributed by atoms with Gasteiger partial charge in [-0.05, 0) is 58.1 Å². The fourth-order valence-corrected chi connectivity index (χ4v) is 7.03. The number of rotatable bonds is 2. The molecule has 0 saturated carbocycles. The molecule has 1 aliphatic heterocycles. The van der Waals surface area contributed by atoms with E-state index in [0.29, 0.717) is 0 Å². The molecule has 0 radical (unpaired) electrons. The van der Waals surface area contributed by atoms with Gasteiger partial charge in [0.2, 0.25) is 11.2 Å². The van der Waals surface area contributed by atoms with Gasteiger partial charge < -0.3 is 4.85 Å². The minimum atomic E-state index is -0.424. The lowest BCUT2D eigenvalue weighted by Gasteiger charge is -2.24. The minimum Gasteiger partial charge on any atom is -0.311 e. The first-order valence-electron chi connectivity index (χ1n) is 11.8. The summed E-state index contributed by atoms with van der Waals surface area (Å²) >= 11 is 1.92. The number of nitrogens with zero attached hydrogens (tertiary/aromatic N) is 2. The van der Waals surface area contributed by atoms with Gasteiger partial charge in [-0.1, -0.05) is 54.2 Å². The van der Waals surface area contributed by atoms with E-state index in [9.17, 15) is 0 Å². The van der Waals surface area contributed by atoms with E-state index < -0.39 is 5.54 Å². The lowest BCUT2D eigenvalue weighted by molar-refractivity contribution is -0.659. The van der Waals surface area contributed by atoms with Crippen LogP contribution in [0.1, 0.15) is 30.5 Å². The van der Waals surface area contributed by atoms with Crippen LogP contribution in [0.5, 0.6) is 0 Å². The van der Waals surface area contributed by atoms with E-state index in [2.05, 4.69) is 91.1 Å². The number of hydrogen-bond donors (Lipinski definition) is 0. The predicted octanol–water partition coefficient (Wildman–Crippen LogP) is 7.96. The highest BCUT2D eigenvalue weighted by Gasteiger charge is 2.32. The zero-order valence-corrected chi connectivity index (χ0v) is 21.1. The Balaban J connectivity index is 1.77. The topological polar surface area (TPSA) is 8.24 Å². The van der Waals surface area contributed by atoms with E-state index in [1.807, 2.05) is 25.6 Å². The molecule has 0 saturated heterocycles. The minimum absolute atomic E-state index is 0.424. The van der Waals surface area contributed by atoms with Crippen LogP contribution in [0.15, 0.2) is 70.6 Å². The maximum Gasteiger partial charge on any atom is 0.231 e. The first kappa shape index (κ1) is 21.2. The second-order valence-electron chi connectivity index (χ2n) is 10.2. The number of fused-ring (bicyclic) bond motifs is 5. The molecule has 2 nitrogen and oxygen atoms in total. The molecular formula is C31H27N2S+. The van der Waals surface area contributed by atoms with Crippen molar-refractivity contribution in [1.82, 2.24) is 0 Å². The van der Waals surface area contributed by atoms with Gasteiger partial charge in [-0.3, -0.25) is 0 Å². The molecule has 0 spiro atoms. The summed E-state index contributed by atoms with van der Waals surface area (Å²) < 4.78 is 2.29. The van der Waals surface area contributed by atoms with Crippen LogP contribution in [0.3, 0.4) is 0 Å². The number of aryl methyl sites for hydroxylation is 3. The van der Waals surface area contributed by atoms with E-state index in [1.165, 1.54) is 70.1 Å². The van der Waals surface area contributed by atoms with E-state index >= 15 is 0 Å². The summed E-state index contributed by atoms with van der Waals surface area (Å²) in [5, 5.41) is 7.85. The normalized spacial score (nSPS) is 12.8. The van der Waals surface area contributed by atoms with Gasteiger partial charge in [0.25, 0.3) is 0 Å². The average molecular weight is 460 g/mol. The molecule has 1 aromatic heterocycles. The lowest BCUT2D eigenvalue weighted by Crippen LogP contribution is -2.32. The van der Waals surface area contributed by atoms with Gasteiger partial charge in [0.05, 0.1) is 17.4 Å². The van der Waals surface area contributed by atoms with Crippen LogP contribution in [0.2, 0.25) is 0 Å². The Hall–Kier alpha value is -3.35. The molecule has 34 heavy (non-hydrogen) atoms. The van der Waals surface area contributed by atoms with Gasteiger partial charge in [0.1, 0.15) is 7.05 Å². The van der Waals surface area contributed by atoms with Crippen molar-refractivity contribution >= 4 is 44.1 Å². The fraction of sp³-hybridized carbons (Fsp3) is 0.226. The highest BCUT2D eigenvalue weighted by molar-refractivity contribution is 8.00. The van der Waals surface area contributed by atoms with Crippen molar-refractivity contribution in [3.05, 3.63) is 88.9 Å². The van der Waals surface area contributed by atoms with Crippen LogP contribution in [-0.2, 0) is 13.5 Å². The Labute approximate surface area is 205 Å². The summed E-state index contributed by atoms with van der Waals surface area (Å²) in [7, 11) is 2.17. The number of hydrogen-bond acceptors (Lipinski definition) is 1. The third-order valence-corrected chi connectivity index (χ3v) is 8.62. The van der Waals surface area contributed by atoms with Crippen LogP contribution >= 0.6 is 11.8 Å². The van der Waals surface area contributed by atoms with Crippen molar-refractivity contribution in [2.45, 2.75) is 49.4 Å². The summed E-state index contributed by atoms with van der Waals surface area (Å²) in [6, 6.07) is 20.0. The standard InChI is InChI=1S/C31H27N2S/c1-18-22-12-7-8-13-23(22)19(2)30-26(18)29-28-24(14-15-33(29)6)27-20(16-25(28)34-30)10-9-11-21(27)17-31(3,4)32-5/h7-16H,17H2,1-4,6H3/q+1. The maximum atomic E-state index is 7.67. The zero-order chi connectivity index (χ0) is 23.8. The second kappa shape index (κ2) is 7.32. The third-order valence-electron chi connectivity index (χ3n) is 7.36. The Kier molecular flexibility index (Phi) is 4.57. The molecule has 3 heteroatoms. The van der Waals surface area contributed by atoms with Crippen molar-refractivity contribution in [3.63, 3.8) is 0 Å². The van der Waals surface area contributed by atoms with E-state index in [4.69, 9.17) is 6.57 Å². The zero-order valence-electron chi connectivity index (χ0n) is 20.3. The Morgan fingerprint density at radius 1 is 0.912 bits per heavy atom. The van der Waals surface area contributed by atoms with E-state index in [-0.39, 0.29) is 0 Å². The summed E-state index contributed by atoms with van der Waals surface area (Å²) in [6.07, 6.45) is 2.95. The van der Waals surface area contributed by atoms with E-state index in [0.717, 1.165) is 6.42 Å². The molecule has 0 aliphatic carbocycles. The van der Waals surface area contributed by atoms with Crippen LogP contribution in [0.4, 0.5) is 0 Å². The van der Waals surface area contributed by atoms with E-state index in [1.54, 1.807) is 0 Å². The molecule has 0 N–H and O–H groups in total. The highest BCUT2D eigenvalue weighted by atomic mass is 32.2. The summed E-state index contributed by atoms with van der Waals surface area (Å²) in [6.45, 7) is 16.3. The summed E-state index contributed by atoms with van der Waals surface area (Å²) in [4.78, 5) is 6.59. The maximum absolute atomic E-state index is 7.67. The lowest BCUT2D eigenvalue weighted by atomic mass is 9.87. The Morgan fingerprint density at radius 3 is 2.38 bits per heavy atom. The van der Waals surface area contributed by atoms with Crippen molar-refractivity contribution in [2.24, 2.45) is 7.05 Å². The quantitative estimate of drug-likeness (QED) is 0.145. The second-order valence-corrected chi connectivity index (χ2v) is 11.2. The Morgan fingerprint density at radius 2 is 1.65 bits per heavy atom. The molecular weight excluding hydrogens is 432 g/mol. The monoisotopic (exact) mass is 459 g/mol. The highest BCUT2D eigenvalue weighted by Crippen LogP contribution is 2.52. The molecule has 0 unspecified atom stereocenters. The molecule has 6 rings (SSSR count). The van der Waals surface area contributed by atoms with Crippen LogP contribution in [0.25, 0.3) is 48.4 Å². The first-order chi connectivity index (χ1) is 16.3. The summed E-state index contributed by atoms with van der Waals surface area (Å²) in [5.74, 6) is 0. The third kappa shape index (κ3) is 2.92. The number of aromatic nitrogens is 1. The van der Waals surface area contributed by atoms with Crippen molar-refractivity contribution in [1.29, 1.82) is 0 Å². The average Bonchev–Trinajstić information content (AvgIpc) is 2.83. The van der Waals surface area contributed by atoms with Crippen LogP contribution < -0.4 is 4.57 Å².